The number of ether oxygens (including phenoxy) is 1. The summed E-state index contributed by atoms with van der Waals surface area (Å²) in [6, 6.07) is 7.48. The predicted molar refractivity (Wildman–Crippen MR) is 86.2 cm³/mol. The van der Waals surface area contributed by atoms with Gasteiger partial charge in [0.05, 0.1) is 13.0 Å². The monoisotopic (exact) mass is 325 g/mol. The number of hydrogen-bond acceptors (Lipinski definition) is 3. The second-order valence-electron chi connectivity index (χ2n) is 5.17. The van der Waals surface area contributed by atoms with Crippen LogP contribution in [0.2, 0.25) is 0 Å². The molecule has 1 amide bonds. The largest absolute Gasteiger partial charge is 0.497 e. The fraction of sp³-hybridized carbons (Fsp3) is 0.375. The number of methoxy groups -OCH3 is 1. The molecule has 1 aliphatic heterocycles. The van der Waals surface area contributed by atoms with Crippen LogP contribution in [0.15, 0.2) is 30.3 Å². The number of hydrogen-bond donors (Lipinski definition) is 1. The van der Waals surface area contributed by atoms with Crippen LogP contribution in [-0.4, -0.2) is 42.1 Å². The van der Waals surface area contributed by atoms with Crippen molar-refractivity contribution in [2.45, 2.75) is 13.3 Å². The van der Waals surface area contributed by atoms with Crippen LogP contribution in [0.3, 0.4) is 0 Å². The quantitative estimate of drug-likeness (QED) is 0.863. The summed E-state index contributed by atoms with van der Waals surface area (Å²) in [5, 5.41) is 8.96. The number of rotatable bonds is 4. The van der Waals surface area contributed by atoms with Crippen LogP contribution in [0.1, 0.15) is 18.9 Å². The highest BCUT2D eigenvalue weighted by molar-refractivity contribution is 5.95. The van der Waals surface area contributed by atoms with Crippen molar-refractivity contribution >= 4 is 29.9 Å². The third-order valence-corrected chi connectivity index (χ3v) is 3.71. The van der Waals surface area contributed by atoms with Crippen LogP contribution >= 0.6 is 12.4 Å². The summed E-state index contributed by atoms with van der Waals surface area (Å²) in [4.78, 5) is 24.7. The van der Waals surface area contributed by atoms with Gasteiger partial charge in [-0.1, -0.05) is 12.1 Å². The number of likely N-dealkylation sites (tertiary alicyclic amines) is 1. The summed E-state index contributed by atoms with van der Waals surface area (Å²) in [5.41, 5.74) is 1.74. The topological polar surface area (TPSA) is 66.8 Å². The molecule has 0 bridgehead atoms. The van der Waals surface area contributed by atoms with Crippen molar-refractivity contribution in [2.75, 3.05) is 20.2 Å². The predicted octanol–water partition coefficient (Wildman–Crippen LogP) is 2.45. The number of aliphatic carboxylic acids is 1. The molecule has 1 aromatic rings. The van der Waals surface area contributed by atoms with Gasteiger partial charge in [-0.15, -0.1) is 12.4 Å². The molecule has 1 unspecified atom stereocenters. The summed E-state index contributed by atoms with van der Waals surface area (Å²) in [6.45, 7) is 2.64. The Balaban J connectivity index is 0.00000242. The molecule has 0 saturated carbocycles. The summed E-state index contributed by atoms with van der Waals surface area (Å²) < 4.78 is 5.16. The molecule has 1 N–H and O–H groups in total. The third-order valence-electron chi connectivity index (χ3n) is 3.71. The molecule has 0 aliphatic carbocycles. The van der Waals surface area contributed by atoms with E-state index in [1.54, 1.807) is 18.1 Å². The van der Waals surface area contributed by atoms with Crippen molar-refractivity contribution in [1.82, 2.24) is 4.90 Å². The van der Waals surface area contributed by atoms with E-state index >= 15 is 0 Å². The number of amides is 1. The van der Waals surface area contributed by atoms with Crippen LogP contribution < -0.4 is 4.74 Å². The molecule has 0 spiro atoms. The second-order valence-corrected chi connectivity index (χ2v) is 5.17. The van der Waals surface area contributed by atoms with Crippen LogP contribution in [0.4, 0.5) is 0 Å². The lowest BCUT2D eigenvalue weighted by Gasteiger charge is -2.14. The Morgan fingerprint density at radius 3 is 2.73 bits per heavy atom. The van der Waals surface area contributed by atoms with Crippen LogP contribution in [0.5, 0.6) is 5.75 Å². The Hall–Kier alpha value is -2.01. The number of carbonyl (C=O) groups is 2. The van der Waals surface area contributed by atoms with Crippen molar-refractivity contribution in [2.24, 2.45) is 5.92 Å². The van der Waals surface area contributed by atoms with E-state index in [0.717, 1.165) is 16.9 Å². The average molecular weight is 326 g/mol. The lowest BCUT2D eigenvalue weighted by atomic mass is 10.1. The Bertz CT molecular complexity index is 585. The number of carboxylic acid groups (broad SMARTS) is 1. The first-order chi connectivity index (χ1) is 10.0. The van der Waals surface area contributed by atoms with Crippen molar-refractivity contribution < 1.29 is 19.4 Å². The smallest absolute Gasteiger partial charge is 0.308 e. The second kappa shape index (κ2) is 7.84. The molecule has 1 fully saturated rings. The number of halogens is 1. The fourth-order valence-corrected chi connectivity index (χ4v) is 2.39. The molecule has 1 atom stereocenters. The maximum absolute atomic E-state index is 12.2. The van der Waals surface area contributed by atoms with Crippen LogP contribution in [0.25, 0.3) is 5.57 Å². The Morgan fingerprint density at radius 2 is 2.14 bits per heavy atom. The highest BCUT2D eigenvalue weighted by atomic mass is 35.5. The molecular formula is C16H20ClNO4. The van der Waals surface area contributed by atoms with E-state index in [0.29, 0.717) is 13.0 Å². The molecular weight excluding hydrogens is 306 g/mol. The molecule has 1 aliphatic rings. The first kappa shape index (κ1) is 18.0. The lowest BCUT2D eigenvalue weighted by Crippen LogP contribution is -2.28. The highest BCUT2D eigenvalue weighted by Gasteiger charge is 2.29. The standard InChI is InChI=1S/C16H19NO4.ClH/c1-11(12-4-3-5-14(9-12)21-2)8-15(18)17-7-6-13(10-17)16(19)20;/h3-5,8-9,13H,6-7,10H2,1-2H3,(H,19,20);1H. The van der Waals surface area contributed by atoms with Gasteiger partial charge in [-0.3, -0.25) is 9.59 Å². The molecule has 1 saturated heterocycles. The Kier molecular flexibility index (Phi) is 6.43. The van der Waals surface area contributed by atoms with E-state index in [-0.39, 0.29) is 24.9 Å². The zero-order valence-electron chi connectivity index (χ0n) is 12.6. The molecule has 0 aromatic heterocycles. The number of allylic oxidation sites excluding steroid dienone is 1. The van der Waals surface area contributed by atoms with Gasteiger partial charge in [0.25, 0.3) is 0 Å². The van der Waals surface area contributed by atoms with Crippen molar-refractivity contribution in [3.8, 4) is 5.75 Å². The van der Waals surface area contributed by atoms with Gasteiger partial charge in [0, 0.05) is 19.2 Å². The average Bonchev–Trinajstić information content (AvgIpc) is 2.97. The first-order valence-electron chi connectivity index (χ1n) is 6.85. The number of benzene rings is 1. The molecule has 120 valence electrons. The van der Waals surface area contributed by atoms with Gasteiger partial charge >= 0.3 is 5.97 Å². The van der Waals surface area contributed by atoms with Crippen molar-refractivity contribution in [3.05, 3.63) is 35.9 Å². The van der Waals surface area contributed by atoms with E-state index in [1.807, 2.05) is 31.2 Å². The van der Waals surface area contributed by atoms with Gasteiger partial charge in [-0.2, -0.15) is 0 Å². The van der Waals surface area contributed by atoms with E-state index in [4.69, 9.17) is 9.84 Å². The molecule has 1 aromatic carbocycles. The van der Waals surface area contributed by atoms with Gasteiger partial charge in [-0.25, -0.2) is 0 Å². The zero-order valence-corrected chi connectivity index (χ0v) is 13.4. The van der Waals surface area contributed by atoms with E-state index in [2.05, 4.69) is 0 Å². The van der Waals surface area contributed by atoms with Gasteiger partial charge < -0.3 is 14.7 Å². The normalized spacial score (nSPS) is 17.8. The minimum Gasteiger partial charge on any atom is -0.497 e. The maximum Gasteiger partial charge on any atom is 0.308 e. The molecule has 0 radical (unpaired) electrons. The summed E-state index contributed by atoms with van der Waals surface area (Å²) >= 11 is 0. The van der Waals surface area contributed by atoms with E-state index < -0.39 is 11.9 Å². The Morgan fingerprint density at radius 1 is 1.41 bits per heavy atom. The number of carbonyl (C=O) groups excluding carboxylic acids is 1. The minimum absolute atomic E-state index is 0. The zero-order chi connectivity index (χ0) is 15.4. The summed E-state index contributed by atoms with van der Waals surface area (Å²) in [6.07, 6.45) is 2.08. The number of nitrogens with zero attached hydrogens (tertiary/aromatic N) is 1. The minimum atomic E-state index is -0.834. The van der Waals surface area contributed by atoms with Crippen molar-refractivity contribution in [1.29, 1.82) is 0 Å². The third kappa shape index (κ3) is 4.24. The molecule has 5 nitrogen and oxygen atoms in total. The van der Waals surface area contributed by atoms with Gasteiger partial charge in [0.1, 0.15) is 5.75 Å². The SMILES string of the molecule is COc1cccc(C(C)=CC(=O)N2CCC(C(=O)O)C2)c1.Cl. The van der Waals surface area contributed by atoms with Gasteiger partial charge in [-0.05, 0) is 36.6 Å². The Labute approximate surface area is 136 Å². The molecule has 1 heterocycles. The first-order valence-corrected chi connectivity index (χ1v) is 6.85. The molecule has 22 heavy (non-hydrogen) atoms. The van der Waals surface area contributed by atoms with E-state index in [1.165, 1.54) is 0 Å². The number of carboxylic acids is 1. The lowest BCUT2D eigenvalue weighted by molar-refractivity contribution is -0.141. The maximum atomic E-state index is 12.2. The van der Waals surface area contributed by atoms with Crippen molar-refractivity contribution in [3.63, 3.8) is 0 Å². The summed E-state index contributed by atoms with van der Waals surface area (Å²) in [5.74, 6) is -0.683. The summed E-state index contributed by atoms with van der Waals surface area (Å²) in [7, 11) is 1.60. The molecule has 6 heteroatoms. The van der Waals surface area contributed by atoms with E-state index in [9.17, 15) is 9.59 Å². The van der Waals surface area contributed by atoms with Gasteiger partial charge in [0.15, 0.2) is 0 Å². The van der Waals surface area contributed by atoms with Crippen LogP contribution in [0, 0.1) is 5.92 Å². The highest BCUT2D eigenvalue weighted by Crippen LogP contribution is 2.21. The fourth-order valence-electron chi connectivity index (χ4n) is 2.39. The van der Waals surface area contributed by atoms with Crippen LogP contribution in [-0.2, 0) is 9.59 Å². The molecule has 2 rings (SSSR count). The van der Waals surface area contributed by atoms with Gasteiger partial charge in [0.2, 0.25) is 5.91 Å².